The number of carboxylic acid groups (broad SMARTS) is 1. The summed E-state index contributed by atoms with van der Waals surface area (Å²) in [5.41, 5.74) is 0. The van der Waals surface area contributed by atoms with Crippen LogP contribution in [0.5, 0.6) is 0 Å². The Morgan fingerprint density at radius 2 is 1.90 bits per heavy atom. The van der Waals surface area contributed by atoms with Crippen molar-refractivity contribution in [2.75, 3.05) is 32.7 Å². The number of likely N-dealkylation sites (tertiary alicyclic amines) is 1. The monoisotopic (exact) mass is 282 g/mol. The van der Waals surface area contributed by atoms with Crippen molar-refractivity contribution in [3.63, 3.8) is 0 Å². The molecule has 116 valence electrons. The van der Waals surface area contributed by atoms with E-state index in [1.165, 1.54) is 51.7 Å². The lowest BCUT2D eigenvalue weighted by molar-refractivity contribution is -0.143. The standard InChI is InChI=1S/C16H30N2O2/c1-3-17(12-15-4-5-15)9-6-14-7-10-18(11-8-14)13(2)16(19)20/h13-15H,3-12H2,1-2H3,(H,19,20). The van der Waals surface area contributed by atoms with E-state index in [2.05, 4.69) is 16.7 Å². The highest BCUT2D eigenvalue weighted by molar-refractivity contribution is 5.72. The summed E-state index contributed by atoms with van der Waals surface area (Å²) in [7, 11) is 0. The van der Waals surface area contributed by atoms with E-state index in [9.17, 15) is 4.79 Å². The van der Waals surface area contributed by atoms with E-state index in [4.69, 9.17) is 5.11 Å². The Morgan fingerprint density at radius 1 is 1.25 bits per heavy atom. The highest BCUT2D eigenvalue weighted by Gasteiger charge is 2.27. The van der Waals surface area contributed by atoms with Gasteiger partial charge >= 0.3 is 5.97 Å². The molecule has 1 saturated heterocycles. The van der Waals surface area contributed by atoms with E-state index in [0.717, 1.165) is 24.9 Å². The maximum Gasteiger partial charge on any atom is 0.320 e. The van der Waals surface area contributed by atoms with Crippen molar-refractivity contribution in [3.8, 4) is 0 Å². The zero-order valence-corrected chi connectivity index (χ0v) is 13.1. The molecule has 4 heteroatoms. The van der Waals surface area contributed by atoms with E-state index in [-0.39, 0.29) is 6.04 Å². The minimum atomic E-state index is -0.690. The first-order chi connectivity index (χ1) is 9.60. The molecule has 0 amide bonds. The number of hydrogen-bond donors (Lipinski definition) is 1. The summed E-state index contributed by atoms with van der Waals surface area (Å²) in [5, 5.41) is 9.05. The van der Waals surface area contributed by atoms with Crippen molar-refractivity contribution >= 4 is 5.97 Å². The molecule has 0 aromatic heterocycles. The Bertz CT molecular complexity index is 310. The van der Waals surface area contributed by atoms with Gasteiger partial charge in [-0.3, -0.25) is 9.69 Å². The molecule has 0 spiro atoms. The van der Waals surface area contributed by atoms with Crippen LogP contribution in [0.4, 0.5) is 0 Å². The van der Waals surface area contributed by atoms with Crippen molar-refractivity contribution in [1.29, 1.82) is 0 Å². The summed E-state index contributed by atoms with van der Waals surface area (Å²) < 4.78 is 0. The summed E-state index contributed by atoms with van der Waals surface area (Å²) in [5.74, 6) is 1.08. The Hall–Kier alpha value is -0.610. The van der Waals surface area contributed by atoms with Gasteiger partial charge < -0.3 is 10.0 Å². The van der Waals surface area contributed by atoms with Gasteiger partial charge in [-0.2, -0.15) is 0 Å². The normalized spacial score (nSPS) is 23.1. The van der Waals surface area contributed by atoms with Gasteiger partial charge in [-0.05, 0) is 77.0 Å². The number of carboxylic acids is 1. The van der Waals surface area contributed by atoms with E-state index in [0.29, 0.717) is 0 Å². The van der Waals surface area contributed by atoms with Gasteiger partial charge in [-0.15, -0.1) is 0 Å². The lowest BCUT2D eigenvalue weighted by Gasteiger charge is -2.35. The molecule has 1 aliphatic heterocycles. The van der Waals surface area contributed by atoms with Gasteiger partial charge in [0.25, 0.3) is 0 Å². The van der Waals surface area contributed by atoms with Crippen LogP contribution in [0.25, 0.3) is 0 Å². The zero-order chi connectivity index (χ0) is 14.5. The molecule has 0 bridgehead atoms. The second-order valence-corrected chi connectivity index (χ2v) is 6.62. The molecule has 1 atom stereocenters. The Kier molecular flexibility index (Phi) is 5.85. The number of aliphatic carboxylic acids is 1. The van der Waals surface area contributed by atoms with Crippen LogP contribution < -0.4 is 0 Å². The molecule has 4 nitrogen and oxygen atoms in total. The highest BCUT2D eigenvalue weighted by Crippen LogP contribution is 2.30. The topological polar surface area (TPSA) is 43.8 Å². The summed E-state index contributed by atoms with van der Waals surface area (Å²) in [6.45, 7) is 9.67. The second kappa shape index (κ2) is 7.41. The van der Waals surface area contributed by atoms with E-state index < -0.39 is 5.97 Å². The first-order valence-electron chi connectivity index (χ1n) is 8.29. The van der Waals surface area contributed by atoms with Crippen LogP contribution in [-0.4, -0.2) is 59.6 Å². The van der Waals surface area contributed by atoms with Gasteiger partial charge in [0.1, 0.15) is 6.04 Å². The van der Waals surface area contributed by atoms with Crippen LogP contribution in [0.3, 0.4) is 0 Å². The molecule has 2 rings (SSSR count). The van der Waals surface area contributed by atoms with Gasteiger partial charge in [0, 0.05) is 6.54 Å². The quantitative estimate of drug-likeness (QED) is 0.742. The minimum absolute atomic E-state index is 0.321. The van der Waals surface area contributed by atoms with Crippen molar-refractivity contribution < 1.29 is 9.90 Å². The molecular formula is C16H30N2O2. The number of rotatable bonds is 8. The third kappa shape index (κ3) is 4.74. The molecule has 20 heavy (non-hydrogen) atoms. The third-order valence-electron chi connectivity index (χ3n) is 5.07. The lowest BCUT2D eigenvalue weighted by atomic mass is 9.92. The lowest BCUT2D eigenvalue weighted by Crippen LogP contribution is -2.44. The molecule has 2 fully saturated rings. The summed E-state index contributed by atoms with van der Waals surface area (Å²) in [4.78, 5) is 15.7. The van der Waals surface area contributed by atoms with Gasteiger partial charge in [0.05, 0.1) is 0 Å². The first-order valence-corrected chi connectivity index (χ1v) is 8.29. The van der Waals surface area contributed by atoms with Gasteiger partial charge in [-0.25, -0.2) is 0 Å². The van der Waals surface area contributed by atoms with Gasteiger partial charge in [-0.1, -0.05) is 6.92 Å². The average Bonchev–Trinajstić information content (AvgIpc) is 3.27. The maximum absolute atomic E-state index is 11.0. The number of piperidine rings is 1. The predicted molar refractivity (Wildman–Crippen MR) is 80.8 cm³/mol. The zero-order valence-electron chi connectivity index (χ0n) is 13.1. The van der Waals surface area contributed by atoms with Gasteiger partial charge in [0.15, 0.2) is 0 Å². The van der Waals surface area contributed by atoms with Crippen molar-refractivity contribution in [2.24, 2.45) is 11.8 Å². The summed E-state index contributed by atoms with van der Waals surface area (Å²) >= 11 is 0. The van der Waals surface area contributed by atoms with Crippen LogP contribution in [0.1, 0.15) is 46.0 Å². The molecule has 1 unspecified atom stereocenters. The Morgan fingerprint density at radius 3 is 2.40 bits per heavy atom. The number of hydrogen-bond acceptors (Lipinski definition) is 3. The van der Waals surface area contributed by atoms with E-state index in [1.54, 1.807) is 6.92 Å². The number of nitrogens with zero attached hydrogens (tertiary/aromatic N) is 2. The molecule has 1 saturated carbocycles. The SMILES string of the molecule is CCN(CCC1CCN(C(C)C(=O)O)CC1)CC1CC1. The van der Waals surface area contributed by atoms with E-state index >= 15 is 0 Å². The smallest absolute Gasteiger partial charge is 0.320 e. The highest BCUT2D eigenvalue weighted by atomic mass is 16.4. The predicted octanol–water partition coefficient (Wildman–Crippen LogP) is 2.29. The fourth-order valence-electron chi connectivity index (χ4n) is 3.19. The third-order valence-corrected chi connectivity index (χ3v) is 5.07. The molecular weight excluding hydrogens is 252 g/mol. The largest absolute Gasteiger partial charge is 0.480 e. The average molecular weight is 282 g/mol. The fraction of sp³-hybridized carbons (Fsp3) is 0.938. The molecule has 1 N–H and O–H groups in total. The van der Waals surface area contributed by atoms with Crippen LogP contribution in [0, 0.1) is 11.8 Å². The maximum atomic E-state index is 11.0. The summed E-state index contributed by atoms with van der Waals surface area (Å²) in [6.07, 6.45) is 6.48. The van der Waals surface area contributed by atoms with Crippen molar-refractivity contribution in [2.45, 2.75) is 52.0 Å². The first kappa shape index (κ1) is 15.8. The molecule has 0 aromatic carbocycles. The van der Waals surface area contributed by atoms with Crippen LogP contribution >= 0.6 is 0 Å². The second-order valence-electron chi connectivity index (χ2n) is 6.62. The Labute approximate surface area is 123 Å². The van der Waals surface area contributed by atoms with Crippen LogP contribution in [-0.2, 0) is 4.79 Å². The molecule has 2 aliphatic rings. The van der Waals surface area contributed by atoms with Crippen LogP contribution in [0.15, 0.2) is 0 Å². The van der Waals surface area contributed by atoms with E-state index in [1.807, 2.05) is 0 Å². The minimum Gasteiger partial charge on any atom is -0.480 e. The Balaban J connectivity index is 1.64. The number of carbonyl (C=O) groups is 1. The van der Waals surface area contributed by atoms with Crippen molar-refractivity contribution in [1.82, 2.24) is 9.80 Å². The summed E-state index contributed by atoms with van der Waals surface area (Å²) in [6, 6.07) is -0.321. The van der Waals surface area contributed by atoms with Crippen LogP contribution in [0.2, 0.25) is 0 Å². The molecule has 0 radical (unpaired) electrons. The molecule has 1 heterocycles. The van der Waals surface area contributed by atoms with Gasteiger partial charge in [0.2, 0.25) is 0 Å². The van der Waals surface area contributed by atoms with Crippen molar-refractivity contribution in [3.05, 3.63) is 0 Å². The molecule has 0 aromatic rings. The fourth-order valence-corrected chi connectivity index (χ4v) is 3.19. The molecule has 1 aliphatic carbocycles.